The smallest absolute Gasteiger partial charge is 0.255 e. The lowest BCUT2D eigenvalue weighted by atomic mass is 10.0. The van der Waals surface area contributed by atoms with Crippen LogP contribution >= 0.6 is 11.6 Å². The molecule has 0 aliphatic carbocycles. The van der Waals surface area contributed by atoms with Crippen molar-refractivity contribution < 1.29 is 14.0 Å². The predicted octanol–water partition coefficient (Wildman–Crippen LogP) is 4.88. The lowest BCUT2D eigenvalue weighted by molar-refractivity contribution is -0.122. The molecule has 0 radical (unpaired) electrons. The average Bonchev–Trinajstić information content (AvgIpc) is 3.08. The molecule has 0 saturated heterocycles. The molecule has 6 heteroatoms. The fraction of sp³-hybridized carbons (Fsp3) is 0.167. The summed E-state index contributed by atoms with van der Waals surface area (Å²) in [6.07, 6.45) is 0.0753. The van der Waals surface area contributed by atoms with Crippen molar-refractivity contribution in [3.8, 4) is 0 Å². The monoisotopic (exact) mass is 422 g/mol. The van der Waals surface area contributed by atoms with E-state index in [0.717, 1.165) is 16.7 Å². The Bertz CT molecular complexity index is 1080. The Morgan fingerprint density at radius 1 is 1.07 bits per heavy atom. The maximum absolute atomic E-state index is 13.5. The van der Waals surface area contributed by atoms with Crippen LogP contribution in [0.4, 0.5) is 4.39 Å². The summed E-state index contributed by atoms with van der Waals surface area (Å²) in [5, 5.41) is 3.49. The zero-order chi connectivity index (χ0) is 21.1. The standard InChI is InChI=1S/C24H20ClFN2O2/c25-19-6-3-4-16(12-19)14-27-23(29)13-22(17-8-10-20(26)11-9-17)28-15-18-5-1-2-7-21(18)24(28)30/h1-12,22H,13-15H2,(H,27,29). The summed E-state index contributed by atoms with van der Waals surface area (Å²) in [4.78, 5) is 27.4. The highest BCUT2D eigenvalue weighted by molar-refractivity contribution is 6.30. The first-order chi connectivity index (χ1) is 14.5. The number of halogens is 2. The maximum Gasteiger partial charge on any atom is 0.255 e. The molecule has 30 heavy (non-hydrogen) atoms. The molecule has 2 amide bonds. The minimum Gasteiger partial charge on any atom is -0.352 e. The highest BCUT2D eigenvalue weighted by atomic mass is 35.5. The van der Waals surface area contributed by atoms with Gasteiger partial charge in [-0.2, -0.15) is 0 Å². The second kappa shape index (κ2) is 8.67. The molecule has 1 atom stereocenters. The van der Waals surface area contributed by atoms with E-state index < -0.39 is 6.04 Å². The second-order valence-corrected chi connectivity index (χ2v) is 7.70. The van der Waals surface area contributed by atoms with Crippen molar-refractivity contribution in [1.82, 2.24) is 10.2 Å². The Hall–Kier alpha value is -3.18. The number of carbonyl (C=O) groups excluding carboxylic acids is 2. The van der Waals surface area contributed by atoms with Crippen LogP contribution in [0.3, 0.4) is 0 Å². The van der Waals surface area contributed by atoms with Gasteiger partial charge in [-0.3, -0.25) is 9.59 Å². The van der Waals surface area contributed by atoms with Gasteiger partial charge in [-0.05, 0) is 47.0 Å². The molecule has 3 aromatic carbocycles. The molecule has 1 unspecified atom stereocenters. The lowest BCUT2D eigenvalue weighted by Gasteiger charge is -2.28. The molecule has 0 fully saturated rings. The largest absolute Gasteiger partial charge is 0.352 e. The fourth-order valence-electron chi connectivity index (χ4n) is 3.72. The molecular weight excluding hydrogens is 403 g/mol. The van der Waals surface area contributed by atoms with Gasteiger partial charge in [-0.25, -0.2) is 4.39 Å². The number of hydrogen-bond donors (Lipinski definition) is 1. The molecule has 3 aromatic rings. The Kier molecular flexibility index (Phi) is 5.81. The topological polar surface area (TPSA) is 49.4 Å². The Morgan fingerprint density at radius 3 is 2.57 bits per heavy atom. The van der Waals surface area contributed by atoms with Crippen molar-refractivity contribution >= 4 is 23.4 Å². The number of fused-ring (bicyclic) bond motifs is 1. The van der Waals surface area contributed by atoms with E-state index in [1.54, 1.807) is 35.2 Å². The van der Waals surface area contributed by atoms with Crippen LogP contribution < -0.4 is 5.32 Å². The predicted molar refractivity (Wildman–Crippen MR) is 113 cm³/mol. The van der Waals surface area contributed by atoms with Crippen molar-refractivity contribution in [2.24, 2.45) is 0 Å². The molecule has 1 N–H and O–H groups in total. The Morgan fingerprint density at radius 2 is 1.83 bits per heavy atom. The zero-order valence-corrected chi connectivity index (χ0v) is 16.9. The number of hydrogen-bond acceptors (Lipinski definition) is 2. The molecular formula is C24H20ClFN2O2. The first kappa shape index (κ1) is 20.1. The van der Waals surface area contributed by atoms with Crippen LogP contribution in [0.5, 0.6) is 0 Å². The van der Waals surface area contributed by atoms with E-state index in [9.17, 15) is 14.0 Å². The van der Waals surface area contributed by atoms with Crippen molar-refractivity contribution in [3.05, 3.63) is 106 Å². The molecule has 0 bridgehead atoms. The van der Waals surface area contributed by atoms with E-state index in [2.05, 4.69) is 5.32 Å². The van der Waals surface area contributed by atoms with E-state index in [-0.39, 0.29) is 24.1 Å². The van der Waals surface area contributed by atoms with Crippen molar-refractivity contribution in [1.29, 1.82) is 0 Å². The van der Waals surface area contributed by atoms with Crippen molar-refractivity contribution in [2.75, 3.05) is 0 Å². The molecule has 1 heterocycles. The van der Waals surface area contributed by atoms with Crippen molar-refractivity contribution in [2.45, 2.75) is 25.6 Å². The van der Waals surface area contributed by atoms with Crippen LogP contribution in [-0.2, 0) is 17.9 Å². The summed E-state index contributed by atoms with van der Waals surface area (Å²) in [6, 6.07) is 20.1. The Balaban J connectivity index is 1.53. The van der Waals surface area contributed by atoms with Gasteiger partial charge in [0.1, 0.15) is 5.82 Å². The first-order valence-corrected chi connectivity index (χ1v) is 10.0. The molecule has 4 rings (SSSR count). The number of benzene rings is 3. The van der Waals surface area contributed by atoms with Gasteiger partial charge in [0.25, 0.3) is 5.91 Å². The van der Waals surface area contributed by atoms with Crippen LogP contribution in [0, 0.1) is 5.82 Å². The van der Waals surface area contributed by atoms with Crippen molar-refractivity contribution in [3.63, 3.8) is 0 Å². The molecule has 4 nitrogen and oxygen atoms in total. The summed E-state index contributed by atoms with van der Waals surface area (Å²) in [7, 11) is 0. The third-order valence-electron chi connectivity index (χ3n) is 5.24. The van der Waals surface area contributed by atoms with E-state index in [4.69, 9.17) is 11.6 Å². The molecule has 1 aliphatic rings. The van der Waals surface area contributed by atoms with Gasteiger partial charge < -0.3 is 10.2 Å². The third kappa shape index (κ3) is 4.36. The summed E-state index contributed by atoms with van der Waals surface area (Å²) < 4.78 is 13.5. The number of nitrogens with one attached hydrogen (secondary N) is 1. The van der Waals surface area contributed by atoms with Gasteiger partial charge in [0.2, 0.25) is 5.91 Å². The quantitative estimate of drug-likeness (QED) is 0.615. The zero-order valence-electron chi connectivity index (χ0n) is 16.1. The highest BCUT2D eigenvalue weighted by Crippen LogP contribution is 2.33. The SMILES string of the molecule is O=C(CC(c1ccc(F)cc1)N1Cc2ccccc2C1=O)NCc1cccc(Cl)c1. The molecule has 0 spiro atoms. The summed E-state index contributed by atoms with van der Waals surface area (Å²) >= 11 is 6.00. The van der Waals surface area contributed by atoms with E-state index in [1.807, 2.05) is 30.3 Å². The van der Waals surface area contributed by atoms with Gasteiger partial charge in [-0.15, -0.1) is 0 Å². The normalized spacial score (nSPS) is 13.8. The lowest BCUT2D eigenvalue weighted by Crippen LogP contribution is -2.34. The fourth-order valence-corrected chi connectivity index (χ4v) is 3.93. The summed E-state index contributed by atoms with van der Waals surface area (Å²) in [5.74, 6) is -0.686. The average molecular weight is 423 g/mol. The summed E-state index contributed by atoms with van der Waals surface area (Å²) in [6.45, 7) is 0.752. The molecule has 1 aliphatic heterocycles. The van der Waals surface area contributed by atoms with Crippen LogP contribution in [0.15, 0.2) is 72.8 Å². The molecule has 152 valence electrons. The molecule has 0 aromatic heterocycles. The Labute approximate surface area is 179 Å². The van der Waals surface area contributed by atoms with Crippen LogP contribution in [0.25, 0.3) is 0 Å². The van der Waals surface area contributed by atoms with Gasteiger partial charge in [-0.1, -0.05) is 54.1 Å². The minimum atomic E-state index is -0.495. The number of carbonyl (C=O) groups is 2. The first-order valence-electron chi connectivity index (χ1n) is 9.67. The minimum absolute atomic E-state index is 0.0753. The number of amides is 2. The van der Waals surface area contributed by atoms with Crippen LogP contribution in [0.2, 0.25) is 5.02 Å². The number of rotatable bonds is 6. The van der Waals surface area contributed by atoms with Gasteiger partial charge in [0.15, 0.2) is 0 Å². The highest BCUT2D eigenvalue weighted by Gasteiger charge is 2.34. The van der Waals surface area contributed by atoms with E-state index >= 15 is 0 Å². The maximum atomic E-state index is 13.5. The molecule has 0 saturated carbocycles. The van der Waals surface area contributed by atoms with Crippen LogP contribution in [0.1, 0.15) is 39.5 Å². The van der Waals surface area contributed by atoms with Crippen LogP contribution in [-0.4, -0.2) is 16.7 Å². The number of nitrogens with zero attached hydrogens (tertiary/aromatic N) is 1. The van der Waals surface area contributed by atoms with E-state index in [1.165, 1.54) is 12.1 Å². The van der Waals surface area contributed by atoms with Gasteiger partial charge >= 0.3 is 0 Å². The van der Waals surface area contributed by atoms with Gasteiger partial charge in [0, 0.05) is 23.7 Å². The second-order valence-electron chi connectivity index (χ2n) is 7.27. The third-order valence-corrected chi connectivity index (χ3v) is 5.47. The van der Waals surface area contributed by atoms with E-state index in [0.29, 0.717) is 23.7 Å². The summed E-state index contributed by atoms with van der Waals surface area (Å²) in [5.41, 5.74) is 3.17. The van der Waals surface area contributed by atoms with Gasteiger partial charge in [0.05, 0.1) is 12.5 Å².